The Labute approximate surface area is 160 Å². The number of phenolic OH excluding ortho intramolecular Hbond substituents is 1. The van der Waals surface area contributed by atoms with Gasteiger partial charge >= 0.3 is 0 Å². The molecule has 1 unspecified atom stereocenters. The Bertz CT molecular complexity index is 870. The van der Waals surface area contributed by atoms with E-state index in [1.54, 1.807) is 12.1 Å². The molecule has 2 aliphatic rings. The topological polar surface area (TPSA) is 52.6 Å². The second-order valence-corrected chi connectivity index (χ2v) is 7.52. The number of aromatic hydroxyl groups is 1. The van der Waals surface area contributed by atoms with Gasteiger partial charge in [-0.2, -0.15) is 0 Å². The molecule has 2 aromatic rings. The number of rotatable bonds is 4. The Kier molecular flexibility index (Phi) is 4.99. The highest BCUT2D eigenvalue weighted by Gasteiger charge is 2.24. The third-order valence-electron chi connectivity index (χ3n) is 5.77. The maximum Gasteiger partial charge on any atom is 0.241 e. The molecule has 140 valence electrons. The lowest BCUT2D eigenvalue weighted by atomic mass is 9.98. The standard InChI is InChI=1S/C23H26N2O2/c1-16(23(27)24-21-8-5-17-3-2-4-20(17)15-21)25-13-11-19(12-14-25)18-6-9-22(26)10-7-18/h5-11,15-16,26H,2-4,12-14H2,1H3,(H,24,27). The van der Waals surface area contributed by atoms with Crippen molar-refractivity contribution in [3.05, 3.63) is 65.2 Å². The van der Waals surface area contributed by atoms with Gasteiger partial charge in [-0.05, 0) is 79.1 Å². The molecule has 1 aliphatic carbocycles. The van der Waals surface area contributed by atoms with Crippen LogP contribution in [0.4, 0.5) is 5.69 Å². The largest absolute Gasteiger partial charge is 0.508 e. The summed E-state index contributed by atoms with van der Waals surface area (Å²) in [4.78, 5) is 14.9. The number of benzene rings is 2. The van der Waals surface area contributed by atoms with E-state index in [1.165, 1.54) is 23.1 Å². The number of aryl methyl sites for hydroxylation is 2. The fraction of sp³-hybridized carbons (Fsp3) is 0.348. The maximum atomic E-state index is 12.7. The number of carbonyl (C=O) groups excluding carboxylic acids is 1. The van der Waals surface area contributed by atoms with Crippen molar-refractivity contribution in [3.63, 3.8) is 0 Å². The van der Waals surface area contributed by atoms with E-state index in [-0.39, 0.29) is 17.7 Å². The van der Waals surface area contributed by atoms with Crippen LogP contribution in [0.15, 0.2) is 48.5 Å². The Morgan fingerprint density at radius 1 is 1.07 bits per heavy atom. The molecular formula is C23H26N2O2. The van der Waals surface area contributed by atoms with E-state index in [1.807, 2.05) is 25.1 Å². The number of hydrogen-bond donors (Lipinski definition) is 2. The van der Waals surface area contributed by atoms with E-state index in [4.69, 9.17) is 0 Å². The molecule has 4 nitrogen and oxygen atoms in total. The van der Waals surface area contributed by atoms with Gasteiger partial charge in [-0.1, -0.05) is 24.3 Å². The number of nitrogens with one attached hydrogen (secondary N) is 1. The second-order valence-electron chi connectivity index (χ2n) is 7.52. The summed E-state index contributed by atoms with van der Waals surface area (Å²) in [5, 5.41) is 12.5. The average Bonchev–Trinajstić information content (AvgIpc) is 3.16. The number of carbonyl (C=O) groups is 1. The maximum absolute atomic E-state index is 12.7. The van der Waals surface area contributed by atoms with Crippen molar-refractivity contribution in [1.82, 2.24) is 4.90 Å². The van der Waals surface area contributed by atoms with Crippen LogP contribution < -0.4 is 5.32 Å². The van der Waals surface area contributed by atoms with Gasteiger partial charge in [-0.25, -0.2) is 0 Å². The van der Waals surface area contributed by atoms with E-state index >= 15 is 0 Å². The molecule has 0 bridgehead atoms. The Balaban J connectivity index is 1.37. The number of fused-ring (bicyclic) bond motifs is 1. The van der Waals surface area contributed by atoms with Crippen LogP contribution in [0.3, 0.4) is 0 Å². The van der Waals surface area contributed by atoms with Gasteiger partial charge in [0, 0.05) is 18.8 Å². The zero-order valence-electron chi connectivity index (χ0n) is 15.7. The van der Waals surface area contributed by atoms with Crippen molar-refractivity contribution in [2.24, 2.45) is 0 Å². The lowest BCUT2D eigenvalue weighted by Gasteiger charge is -2.31. The minimum absolute atomic E-state index is 0.0504. The van der Waals surface area contributed by atoms with Gasteiger partial charge in [0.1, 0.15) is 5.75 Å². The molecule has 0 fully saturated rings. The lowest BCUT2D eigenvalue weighted by molar-refractivity contribution is -0.120. The predicted octanol–water partition coefficient (Wildman–Crippen LogP) is 4.00. The van der Waals surface area contributed by atoms with Gasteiger partial charge in [0.2, 0.25) is 5.91 Å². The predicted molar refractivity (Wildman–Crippen MR) is 109 cm³/mol. The van der Waals surface area contributed by atoms with Crippen molar-refractivity contribution >= 4 is 17.2 Å². The first-order chi connectivity index (χ1) is 13.1. The minimum Gasteiger partial charge on any atom is -0.508 e. The van der Waals surface area contributed by atoms with Gasteiger partial charge in [0.25, 0.3) is 0 Å². The Morgan fingerprint density at radius 3 is 2.59 bits per heavy atom. The van der Waals surface area contributed by atoms with Crippen molar-refractivity contribution < 1.29 is 9.90 Å². The fourth-order valence-corrected chi connectivity index (χ4v) is 4.04. The molecule has 1 aliphatic heterocycles. The van der Waals surface area contributed by atoms with Crippen molar-refractivity contribution in [2.45, 2.75) is 38.6 Å². The fourth-order valence-electron chi connectivity index (χ4n) is 4.04. The molecular weight excluding hydrogens is 336 g/mol. The van der Waals surface area contributed by atoms with Crippen molar-refractivity contribution in [2.75, 3.05) is 18.4 Å². The van der Waals surface area contributed by atoms with Crippen LogP contribution in [-0.2, 0) is 17.6 Å². The minimum atomic E-state index is -0.170. The van der Waals surface area contributed by atoms with Crippen LogP contribution in [0.5, 0.6) is 5.75 Å². The third kappa shape index (κ3) is 3.91. The monoisotopic (exact) mass is 362 g/mol. The molecule has 1 amide bonds. The smallest absolute Gasteiger partial charge is 0.241 e. The highest BCUT2D eigenvalue weighted by atomic mass is 16.3. The van der Waals surface area contributed by atoms with Crippen molar-refractivity contribution in [3.8, 4) is 5.75 Å². The van der Waals surface area contributed by atoms with E-state index in [0.717, 1.165) is 43.6 Å². The lowest BCUT2D eigenvalue weighted by Crippen LogP contribution is -2.44. The number of phenols is 1. The molecule has 0 radical (unpaired) electrons. The number of hydrogen-bond acceptors (Lipinski definition) is 3. The highest BCUT2D eigenvalue weighted by Crippen LogP contribution is 2.26. The molecule has 4 heteroatoms. The number of amides is 1. The van der Waals surface area contributed by atoms with Crippen LogP contribution in [0.1, 0.15) is 36.5 Å². The molecule has 0 saturated carbocycles. The van der Waals surface area contributed by atoms with E-state index in [9.17, 15) is 9.90 Å². The zero-order chi connectivity index (χ0) is 18.8. The van der Waals surface area contributed by atoms with Crippen LogP contribution >= 0.6 is 0 Å². The third-order valence-corrected chi connectivity index (χ3v) is 5.77. The molecule has 2 N–H and O–H groups in total. The van der Waals surface area contributed by atoms with Crippen LogP contribution in [-0.4, -0.2) is 35.0 Å². The van der Waals surface area contributed by atoms with Crippen LogP contribution in [0.2, 0.25) is 0 Å². The number of anilines is 1. The SMILES string of the molecule is CC(C(=O)Nc1ccc2c(c1)CCC2)N1CC=C(c2ccc(O)cc2)CC1. The summed E-state index contributed by atoms with van der Waals surface area (Å²) in [7, 11) is 0. The normalized spacial score (nSPS) is 17.9. The molecule has 0 aromatic heterocycles. The molecule has 1 atom stereocenters. The number of nitrogens with zero attached hydrogens (tertiary/aromatic N) is 1. The molecule has 2 aromatic carbocycles. The summed E-state index contributed by atoms with van der Waals surface area (Å²) in [5.74, 6) is 0.336. The average molecular weight is 362 g/mol. The molecule has 4 rings (SSSR count). The van der Waals surface area contributed by atoms with Gasteiger partial charge in [-0.3, -0.25) is 9.69 Å². The first-order valence-electron chi connectivity index (χ1n) is 9.75. The first kappa shape index (κ1) is 17.8. The van der Waals surface area contributed by atoms with E-state index in [0.29, 0.717) is 0 Å². The molecule has 27 heavy (non-hydrogen) atoms. The summed E-state index contributed by atoms with van der Waals surface area (Å²) >= 11 is 0. The Hall–Kier alpha value is -2.59. The summed E-state index contributed by atoms with van der Waals surface area (Å²) < 4.78 is 0. The zero-order valence-corrected chi connectivity index (χ0v) is 15.7. The highest BCUT2D eigenvalue weighted by molar-refractivity contribution is 5.94. The molecule has 0 spiro atoms. The first-order valence-corrected chi connectivity index (χ1v) is 9.75. The summed E-state index contributed by atoms with van der Waals surface area (Å²) in [6, 6.07) is 13.5. The quantitative estimate of drug-likeness (QED) is 0.864. The van der Waals surface area contributed by atoms with Crippen molar-refractivity contribution in [1.29, 1.82) is 0 Å². The summed E-state index contributed by atoms with van der Waals surface area (Å²) in [6.45, 7) is 3.59. The van der Waals surface area contributed by atoms with Gasteiger partial charge in [-0.15, -0.1) is 0 Å². The second kappa shape index (κ2) is 7.57. The van der Waals surface area contributed by atoms with Gasteiger partial charge in [0.15, 0.2) is 0 Å². The van der Waals surface area contributed by atoms with E-state index < -0.39 is 0 Å². The molecule has 1 heterocycles. The van der Waals surface area contributed by atoms with E-state index in [2.05, 4.69) is 28.4 Å². The summed E-state index contributed by atoms with van der Waals surface area (Å²) in [5.41, 5.74) is 6.12. The summed E-state index contributed by atoms with van der Waals surface area (Å²) in [6.07, 6.45) is 6.58. The van der Waals surface area contributed by atoms with Crippen LogP contribution in [0, 0.1) is 0 Å². The molecule has 0 saturated heterocycles. The van der Waals surface area contributed by atoms with Gasteiger partial charge < -0.3 is 10.4 Å². The van der Waals surface area contributed by atoms with Gasteiger partial charge in [0.05, 0.1) is 6.04 Å². The Morgan fingerprint density at radius 2 is 1.85 bits per heavy atom. The van der Waals surface area contributed by atoms with Crippen LogP contribution in [0.25, 0.3) is 5.57 Å².